The fraction of sp³-hybridized carbons (Fsp3) is 0. The summed E-state index contributed by atoms with van der Waals surface area (Å²) < 4.78 is 11.5. The van der Waals surface area contributed by atoms with Gasteiger partial charge in [0.1, 0.15) is 11.6 Å². The lowest BCUT2D eigenvalue weighted by molar-refractivity contribution is 0.892. The molecule has 0 radical (unpaired) electrons. The number of para-hydroxylation sites is 8. The Balaban J connectivity index is 0.928. The lowest BCUT2D eigenvalue weighted by Gasteiger charge is -2.15. The Morgan fingerprint density at radius 2 is 0.545 bits per heavy atom. The fourth-order valence-corrected chi connectivity index (χ4v) is 12.6. The predicted molar refractivity (Wildman–Crippen MR) is 315 cm³/mol. The summed E-state index contributed by atoms with van der Waals surface area (Å²) in [6.07, 6.45) is 0. The van der Waals surface area contributed by atoms with Crippen molar-refractivity contribution in [2.75, 3.05) is 0 Å². The van der Waals surface area contributed by atoms with E-state index in [-0.39, 0.29) is 0 Å². The normalized spacial score (nSPS) is 12.2. The lowest BCUT2D eigenvalue weighted by Crippen LogP contribution is -2.10. The molecule has 0 aliphatic carbocycles. The zero-order valence-electron chi connectivity index (χ0n) is 41.2. The first kappa shape index (κ1) is 41.8. The summed E-state index contributed by atoms with van der Waals surface area (Å²) in [5.41, 5.74) is 12.5. The molecular formula is C68H41N9. The molecule has 17 aromatic rings. The zero-order valence-corrected chi connectivity index (χ0v) is 41.2. The quantitative estimate of drug-likeness (QED) is 0.166. The molecule has 7 heterocycles. The highest BCUT2D eigenvalue weighted by molar-refractivity contribution is 6.24. The van der Waals surface area contributed by atoms with Crippen LogP contribution in [0.15, 0.2) is 249 Å². The van der Waals surface area contributed by atoms with Gasteiger partial charge in [-0.3, -0.25) is 18.3 Å². The van der Waals surface area contributed by atoms with Crippen molar-refractivity contribution in [2.24, 2.45) is 0 Å². The number of aromatic nitrogens is 9. The van der Waals surface area contributed by atoms with E-state index in [1.54, 1.807) is 0 Å². The van der Waals surface area contributed by atoms with Crippen molar-refractivity contribution < 1.29 is 0 Å². The summed E-state index contributed by atoms with van der Waals surface area (Å²) >= 11 is 0. The summed E-state index contributed by atoms with van der Waals surface area (Å²) in [7, 11) is 0. The predicted octanol–water partition coefficient (Wildman–Crippen LogP) is 16.4. The third-order valence-corrected chi connectivity index (χ3v) is 15.8. The minimum absolute atomic E-state index is 0.536. The first-order valence-electron chi connectivity index (χ1n) is 26.0. The second-order valence-corrected chi connectivity index (χ2v) is 19.8. The van der Waals surface area contributed by atoms with Crippen LogP contribution in [0.5, 0.6) is 0 Å². The Morgan fingerprint density at radius 1 is 0.221 bits per heavy atom. The minimum atomic E-state index is 0.536. The van der Waals surface area contributed by atoms with Crippen LogP contribution in [0.25, 0.3) is 150 Å². The molecule has 10 aromatic carbocycles. The van der Waals surface area contributed by atoms with Crippen molar-refractivity contribution in [3.8, 4) is 40.6 Å². The summed E-state index contributed by atoms with van der Waals surface area (Å²) in [4.78, 5) is 22.0. The van der Waals surface area contributed by atoms with Gasteiger partial charge < -0.3 is 4.57 Å². The molecule has 0 N–H and O–H groups in total. The second kappa shape index (κ2) is 15.9. The van der Waals surface area contributed by atoms with E-state index in [1.165, 1.54) is 10.8 Å². The van der Waals surface area contributed by atoms with Crippen LogP contribution in [-0.2, 0) is 0 Å². The molecule has 77 heavy (non-hydrogen) atoms. The number of benzene rings is 10. The topological polar surface area (TPSA) is 76.2 Å². The van der Waals surface area contributed by atoms with Gasteiger partial charge in [0, 0.05) is 65.1 Å². The molecule has 0 saturated carbocycles. The van der Waals surface area contributed by atoms with Crippen molar-refractivity contribution in [3.05, 3.63) is 249 Å². The average Bonchev–Trinajstić information content (AvgIpc) is 4.50. The SMILES string of the molecule is c1cc(-c2nc(-n3c4ccccc4c4ccccc43)nc(-n3c4ccccc4c4ccccc43)n2)cc(-n2c3ccccc3c3ccc4c5ccccc5n(-c5cccc(-n6c7ccccc7c7ccccc76)n5)c4c32)c1. The smallest absolute Gasteiger partial charge is 0.240 e. The number of fused-ring (bicyclic) bond motifs is 16. The Bertz CT molecular complexity index is 5020. The molecule has 0 amide bonds. The maximum absolute atomic E-state index is 5.60. The number of pyridine rings is 1. The van der Waals surface area contributed by atoms with E-state index < -0.39 is 0 Å². The first-order chi connectivity index (χ1) is 38.2. The largest absolute Gasteiger partial charge is 0.307 e. The van der Waals surface area contributed by atoms with E-state index in [4.69, 9.17) is 19.9 Å². The van der Waals surface area contributed by atoms with Gasteiger partial charge in [-0.25, -0.2) is 4.98 Å². The molecular weight excluding hydrogens is 943 g/mol. The van der Waals surface area contributed by atoms with Crippen molar-refractivity contribution in [3.63, 3.8) is 0 Å². The van der Waals surface area contributed by atoms with E-state index in [0.717, 1.165) is 121 Å². The van der Waals surface area contributed by atoms with E-state index >= 15 is 0 Å². The zero-order chi connectivity index (χ0) is 50.3. The Kier molecular flexibility index (Phi) is 8.65. The molecule has 9 nitrogen and oxygen atoms in total. The molecule has 0 atom stereocenters. The highest BCUT2D eigenvalue weighted by atomic mass is 15.3. The molecule has 358 valence electrons. The number of rotatable bonds is 6. The Labute approximate surface area is 439 Å². The van der Waals surface area contributed by atoms with Gasteiger partial charge in [-0.05, 0) is 72.8 Å². The van der Waals surface area contributed by atoms with Crippen LogP contribution in [0.4, 0.5) is 0 Å². The van der Waals surface area contributed by atoms with Crippen molar-refractivity contribution in [1.82, 2.24) is 42.8 Å². The molecule has 17 rings (SSSR count). The van der Waals surface area contributed by atoms with Gasteiger partial charge in [-0.2, -0.15) is 15.0 Å². The monoisotopic (exact) mass is 983 g/mol. The van der Waals surface area contributed by atoms with Crippen LogP contribution in [-0.4, -0.2) is 42.8 Å². The van der Waals surface area contributed by atoms with Gasteiger partial charge in [0.25, 0.3) is 0 Å². The van der Waals surface area contributed by atoms with Gasteiger partial charge in [-0.15, -0.1) is 0 Å². The molecule has 0 spiro atoms. The maximum atomic E-state index is 5.60. The highest BCUT2D eigenvalue weighted by Crippen LogP contribution is 2.43. The summed E-state index contributed by atoms with van der Waals surface area (Å²) in [6.45, 7) is 0. The van der Waals surface area contributed by atoms with Crippen LogP contribution in [0.1, 0.15) is 0 Å². The van der Waals surface area contributed by atoms with Crippen molar-refractivity contribution >= 4 is 109 Å². The van der Waals surface area contributed by atoms with E-state index in [9.17, 15) is 0 Å². The third kappa shape index (κ3) is 5.93. The molecule has 0 fully saturated rings. The van der Waals surface area contributed by atoms with Crippen LogP contribution < -0.4 is 0 Å². The maximum Gasteiger partial charge on any atom is 0.240 e. The lowest BCUT2D eigenvalue weighted by atomic mass is 10.1. The molecule has 9 heteroatoms. The van der Waals surface area contributed by atoms with Crippen LogP contribution in [0.3, 0.4) is 0 Å². The average molecular weight is 984 g/mol. The van der Waals surface area contributed by atoms with Gasteiger partial charge >= 0.3 is 0 Å². The molecule has 0 unspecified atom stereocenters. The summed E-state index contributed by atoms with van der Waals surface area (Å²) in [6, 6.07) is 88.3. The number of hydrogen-bond donors (Lipinski definition) is 0. The van der Waals surface area contributed by atoms with E-state index in [0.29, 0.717) is 17.7 Å². The minimum Gasteiger partial charge on any atom is -0.307 e. The fourth-order valence-electron chi connectivity index (χ4n) is 12.6. The Morgan fingerprint density at radius 3 is 0.974 bits per heavy atom. The number of nitrogens with zero attached hydrogens (tertiary/aromatic N) is 9. The van der Waals surface area contributed by atoms with Crippen LogP contribution >= 0.6 is 0 Å². The summed E-state index contributed by atoms with van der Waals surface area (Å²) in [5.74, 6) is 3.31. The van der Waals surface area contributed by atoms with Gasteiger partial charge in [-0.1, -0.05) is 176 Å². The van der Waals surface area contributed by atoms with Crippen LogP contribution in [0.2, 0.25) is 0 Å². The first-order valence-corrected chi connectivity index (χ1v) is 26.0. The standard InChI is InChI=1S/C68H41N9/c1-10-30-55-44(21-1)45-22-2-11-31-56(45)74(55)62-37-18-38-63(69-62)77-61-36-16-8-28-51(61)53-40-39-52-50-27-7-9-29-54(50)73(64(52)65(53)77)43-20-17-19-42(41-43)66-70-67(75-57-32-12-3-23-46(57)47-24-4-13-33-58(47)75)72-68(71-66)76-59-34-14-5-25-48(59)49-26-6-15-35-60(49)76/h1-41H. The Hall–Kier alpha value is -10.6. The van der Waals surface area contributed by atoms with Crippen molar-refractivity contribution in [2.45, 2.75) is 0 Å². The molecule has 0 saturated heterocycles. The van der Waals surface area contributed by atoms with E-state index in [2.05, 4.69) is 272 Å². The molecule has 0 bridgehead atoms. The van der Waals surface area contributed by atoms with Gasteiger partial charge in [0.15, 0.2) is 5.82 Å². The second-order valence-electron chi connectivity index (χ2n) is 19.8. The van der Waals surface area contributed by atoms with E-state index in [1.807, 2.05) is 0 Å². The van der Waals surface area contributed by atoms with Crippen LogP contribution in [0, 0.1) is 0 Å². The van der Waals surface area contributed by atoms with Gasteiger partial charge in [0.05, 0.1) is 55.2 Å². The highest BCUT2D eigenvalue weighted by Gasteiger charge is 2.25. The van der Waals surface area contributed by atoms with Gasteiger partial charge in [0.2, 0.25) is 11.9 Å². The molecule has 0 aliphatic heterocycles. The molecule has 7 aromatic heterocycles. The number of hydrogen-bond acceptors (Lipinski definition) is 4. The van der Waals surface area contributed by atoms with Crippen molar-refractivity contribution in [1.29, 1.82) is 0 Å². The third-order valence-electron chi connectivity index (χ3n) is 15.8. The molecule has 0 aliphatic rings. The summed E-state index contributed by atoms with van der Waals surface area (Å²) in [5, 5.41) is 11.5.